The molecule has 1 heterocycles. The van der Waals surface area contributed by atoms with E-state index in [0.29, 0.717) is 6.54 Å². The van der Waals surface area contributed by atoms with Gasteiger partial charge in [-0.05, 0) is 31.4 Å². The number of amides is 2. The van der Waals surface area contributed by atoms with E-state index in [1.165, 1.54) is 0 Å². The van der Waals surface area contributed by atoms with E-state index in [2.05, 4.69) is 15.5 Å². The highest BCUT2D eigenvalue weighted by Crippen LogP contribution is 2.12. The van der Waals surface area contributed by atoms with Crippen molar-refractivity contribution < 1.29 is 9.59 Å². The molecule has 2 amide bonds. The minimum atomic E-state index is 0.0123. The number of carbonyl (C=O) groups excluding carboxylic acids is 2. The van der Waals surface area contributed by atoms with Gasteiger partial charge in [0.15, 0.2) is 0 Å². The van der Waals surface area contributed by atoms with E-state index in [0.717, 1.165) is 38.0 Å². The molecule has 0 spiro atoms. The smallest absolute Gasteiger partial charge is 0.238 e. The van der Waals surface area contributed by atoms with Crippen molar-refractivity contribution in [3.05, 3.63) is 30.3 Å². The molecule has 0 aromatic heterocycles. The lowest BCUT2D eigenvalue weighted by Crippen LogP contribution is -2.47. The molecule has 23 heavy (non-hydrogen) atoms. The Kier molecular flexibility index (Phi) is 6.59. The van der Waals surface area contributed by atoms with Crippen molar-refractivity contribution in [2.24, 2.45) is 5.92 Å². The van der Waals surface area contributed by atoms with Gasteiger partial charge in [0.05, 0.1) is 6.54 Å². The molecule has 2 rings (SSSR count). The first-order valence-electron chi connectivity index (χ1n) is 8.46. The molecule has 1 aliphatic heterocycles. The third kappa shape index (κ3) is 5.67. The standard InChI is InChI=1S/C18H27N3O2/c1-3-14(2)18(23)20-16-9-11-21(12-10-16)13-17(22)19-15-7-5-4-6-8-15/h4-8,14,16H,3,9-13H2,1-2H3,(H,19,22)(H,20,23). The summed E-state index contributed by atoms with van der Waals surface area (Å²) in [4.78, 5) is 26.1. The summed E-state index contributed by atoms with van der Waals surface area (Å²) in [5.74, 6) is 0.232. The van der Waals surface area contributed by atoms with E-state index in [9.17, 15) is 9.59 Å². The van der Waals surface area contributed by atoms with Gasteiger partial charge in [0.2, 0.25) is 11.8 Å². The summed E-state index contributed by atoms with van der Waals surface area (Å²) in [6, 6.07) is 9.74. The molecule has 0 bridgehead atoms. The Balaban J connectivity index is 1.70. The zero-order chi connectivity index (χ0) is 16.7. The van der Waals surface area contributed by atoms with Crippen molar-refractivity contribution in [2.75, 3.05) is 25.0 Å². The normalized spacial score (nSPS) is 17.5. The average molecular weight is 317 g/mol. The lowest BCUT2D eigenvalue weighted by Gasteiger charge is -2.32. The van der Waals surface area contributed by atoms with Crippen LogP contribution >= 0.6 is 0 Å². The van der Waals surface area contributed by atoms with Gasteiger partial charge < -0.3 is 10.6 Å². The van der Waals surface area contributed by atoms with Gasteiger partial charge in [-0.3, -0.25) is 14.5 Å². The van der Waals surface area contributed by atoms with Crippen LogP contribution in [0.15, 0.2) is 30.3 Å². The monoisotopic (exact) mass is 317 g/mol. The maximum Gasteiger partial charge on any atom is 0.238 e. The fourth-order valence-corrected chi connectivity index (χ4v) is 2.69. The molecule has 0 saturated carbocycles. The SMILES string of the molecule is CCC(C)C(=O)NC1CCN(CC(=O)Nc2ccccc2)CC1. The van der Waals surface area contributed by atoms with Gasteiger partial charge in [0.1, 0.15) is 0 Å². The Morgan fingerprint density at radius 2 is 1.87 bits per heavy atom. The Morgan fingerprint density at radius 1 is 1.22 bits per heavy atom. The highest BCUT2D eigenvalue weighted by atomic mass is 16.2. The second kappa shape index (κ2) is 8.67. The van der Waals surface area contributed by atoms with Gasteiger partial charge in [0, 0.05) is 30.7 Å². The maximum absolute atomic E-state index is 12.0. The summed E-state index contributed by atoms with van der Waals surface area (Å²) in [7, 11) is 0. The highest BCUT2D eigenvalue weighted by molar-refractivity contribution is 5.92. The van der Waals surface area contributed by atoms with Gasteiger partial charge in [-0.2, -0.15) is 0 Å². The number of carbonyl (C=O) groups is 2. The molecule has 126 valence electrons. The molecule has 0 aliphatic carbocycles. The van der Waals surface area contributed by atoms with E-state index in [1.54, 1.807) is 0 Å². The number of piperidine rings is 1. The van der Waals surface area contributed by atoms with Crippen molar-refractivity contribution >= 4 is 17.5 Å². The van der Waals surface area contributed by atoms with E-state index in [1.807, 2.05) is 44.2 Å². The molecule has 0 radical (unpaired) electrons. The van der Waals surface area contributed by atoms with Crippen LogP contribution in [-0.4, -0.2) is 42.4 Å². The van der Waals surface area contributed by atoms with Crippen LogP contribution in [0.2, 0.25) is 0 Å². The molecule has 1 atom stereocenters. The maximum atomic E-state index is 12.0. The molecule has 1 saturated heterocycles. The van der Waals surface area contributed by atoms with Crippen LogP contribution in [0.4, 0.5) is 5.69 Å². The van der Waals surface area contributed by atoms with Crippen molar-refractivity contribution in [1.29, 1.82) is 0 Å². The number of anilines is 1. The Bertz CT molecular complexity index is 510. The Labute approximate surface area is 138 Å². The summed E-state index contributed by atoms with van der Waals surface area (Å²) in [5.41, 5.74) is 0.827. The lowest BCUT2D eigenvalue weighted by atomic mass is 10.0. The molecule has 1 aromatic rings. The first-order valence-corrected chi connectivity index (χ1v) is 8.46. The number of nitrogens with zero attached hydrogens (tertiary/aromatic N) is 1. The zero-order valence-electron chi connectivity index (χ0n) is 14.0. The van der Waals surface area contributed by atoms with Gasteiger partial charge in [-0.1, -0.05) is 32.0 Å². The molecule has 1 aliphatic rings. The molecule has 1 unspecified atom stereocenters. The average Bonchev–Trinajstić information content (AvgIpc) is 2.56. The molecule has 1 aromatic carbocycles. The summed E-state index contributed by atoms with van der Waals surface area (Å²) in [6.07, 6.45) is 2.67. The zero-order valence-corrected chi connectivity index (χ0v) is 14.0. The fraction of sp³-hybridized carbons (Fsp3) is 0.556. The molecule has 2 N–H and O–H groups in total. The molecular formula is C18H27N3O2. The fourth-order valence-electron chi connectivity index (χ4n) is 2.69. The predicted molar refractivity (Wildman–Crippen MR) is 92.1 cm³/mol. The summed E-state index contributed by atoms with van der Waals surface area (Å²) in [5, 5.41) is 6.02. The predicted octanol–water partition coefficient (Wildman–Crippen LogP) is 2.25. The van der Waals surface area contributed by atoms with Crippen molar-refractivity contribution in [3.63, 3.8) is 0 Å². The second-order valence-electron chi connectivity index (χ2n) is 6.28. The van der Waals surface area contributed by atoms with E-state index < -0.39 is 0 Å². The minimum absolute atomic E-state index is 0.0123. The molecule has 5 nitrogen and oxygen atoms in total. The van der Waals surface area contributed by atoms with E-state index >= 15 is 0 Å². The lowest BCUT2D eigenvalue weighted by molar-refractivity contribution is -0.126. The molecule has 1 fully saturated rings. The number of hydrogen-bond donors (Lipinski definition) is 2. The second-order valence-corrected chi connectivity index (χ2v) is 6.28. The minimum Gasteiger partial charge on any atom is -0.353 e. The first kappa shape index (κ1) is 17.5. The summed E-state index contributed by atoms with van der Waals surface area (Å²) < 4.78 is 0. The van der Waals surface area contributed by atoms with Crippen molar-refractivity contribution in [1.82, 2.24) is 10.2 Å². The van der Waals surface area contributed by atoms with Gasteiger partial charge >= 0.3 is 0 Å². The van der Waals surface area contributed by atoms with Crippen molar-refractivity contribution in [3.8, 4) is 0 Å². The van der Waals surface area contributed by atoms with Crippen LogP contribution in [0.5, 0.6) is 0 Å². The van der Waals surface area contributed by atoms with Gasteiger partial charge in [-0.15, -0.1) is 0 Å². The number of rotatable bonds is 6. The van der Waals surface area contributed by atoms with Gasteiger partial charge in [0.25, 0.3) is 0 Å². The van der Waals surface area contributed by atoms with Crippen LogP contribution in [0.25, 0.3) is 0 Å². The van der Waals surface area contributed by atoms with E-state index in [-0.39, 0.29) is 23.8 Å². The number of para-hydroxylation sites is 1. The number of benzene rings is 1. The van der Waals surface area contributed by atoms with Crippen molar-refractivity contribution in [2.45, 2.75) is 39.2 Å². The summed E-state index contributed by atoms with van der Waals surface area (Å²) in [6.45, 7) is 6.07. The van der Waals surface area contributed by atoms with Crippen LogP contribution in [-0.2, 0) is 9.59 Å². The Hall–Kier alpha value is -1.88. The quantitative estimate of drug-likeness (QED) is 0.846. The number of likely N-dealkylation sites (tertiary alicyclic amines) is 1. The van der Waals surface area contributed by atoms with Crippen LogP contribution in [0, 0.1) is 5.92 Å². The van der Waals surface area contributed by atoms with Crippen LogP contribution < -0.4 is 10.6 Å². The highest BCUT2D eigenvalue weighted by Gasteiger charge is 2.23. The van der Waals surface area contributed by atoms with E-state index in [4.69, 9.17) is 0 Å². The third-order valence-corrected chi connectivity index (χ3v) is 4.42. The third-order valence-electron chi connectivity index (χ3n) is 4.42. The topological polar surface area (TPSA) is 61.4 Å². The van der Waals surface area contributed by atoms with Crippen LogP contribution in [0.3, 0.4) is 0 Å². The largest absolute Gasteiger partial charge is 0.353 e. The number of nitrogens with one attached hydrogen (secondary N) is 2. The molecular weight excluding hydrogens is 290 g/mol. The summed E-state index contributed by atoms with van der Waals surface area (Å²) >= 11 is 0. The van der Waals surface area contributed by atoms with Gasteiger partial charge in [-0.25, -0.2) is 0 Å². The molecule has 5 heteroatoms. The number of hydrogen-bond acceptors (Lipinski definition) is 3. The first-order chi connectivity index (χ1) is 11.1. The van der Waals surface area contributed by atoms with Crippen LogP contribution in [0.1, 0.15) is 33.1 Å². The Morgan fingerprint density at radius 3 is 2.48 bits per heavy atom.